The van der Waals surface area contributed by atoms with Crippen molar-refractivity contribution in [2.45, 2.75) is 12.8 Å². The molecule has 3 heteroatoms. The van der Waals surface area contributed by atoms with Gasteiger partial charge in [-0.05, 0) is 41.8 Å². The number of ketones is 1. The molecule has 3 rings (SSSR count). The molecule has 1 N–H and O–H groups in total. The van der Waals surface area contributed by atoms with E-state index < -0.39 is 0 Å². The molecule has 21 heavy (non-hydrogen) atoms. The van der Waals surface area contributed by atoms with Crippen LogP contribution in [-0.2, 0) is 11.2 Å². The Morgan fingerprint density at radius 1 is 1.10 bits per heavy atom. The van der Waals surface area contributed by atoms with E-state index in [0.717, 1.165) is 22.4 Å². The third-order valence-electron chi connectivity index (χ3n) is 3.75. The van der Waals surface area contributed by atoms with Gasteiger partial charge in [0.15, 0.2) is 5.78 Å². The van der Waals surface area contributed by atoms with Crippen LogP contribution in [0.15, 0.2) is 42.5 Å². The molecular formula is C18H16O3. The van der Waals surface area contributed by atoms with Crippen LogP contribution in [0.4, 0.5) is 0 Å². The number of Topliss-reactive ketones (excluding diaryl/α,β-unsaturated/α-hetero) is 1. The summed E-state index contributed by atoms with van der Waals surface area (Å²) in [6.07, 6.45) is 3.08. The average Bonchev–Trinajstić information content (AvgIpc) is 2.51. The van der Waals surface area contributed by atoms with Crippen molar-refractivity contribution >= 4 is 17.4 Å². The molecule has 0 aromatic heterocycles. The van der Waals surface area contributed by atoms with Crippen molar-refractivity contribution in [2.75, 3.05) is 7.11 Å². The van der Waals surface area contributed by atoms with Gasteiger partial charge in [-0.25, -0.2) is 0 Å². The fourth-order valence-electron chi connectivity index (χ4n) is 2.69. The number of aromatic hydroxyl groups is 1. The summed E-state index contributed by atoms with van der Waals surface area (Å²) in [5.74, 6) is 1.19. The Morgan fingerprint density at radius 2 is 1.86 bits per heavy atom. The Hall–Kier alpha value is -2.55. The van der Waals surface area contributed by atoms with Gasteiger partial charge < -0.3 is 9.84 Å². The predicted molar refractivity (Wildman–Crippen MR) is 82.3 cm³/mol. The van der Waals surface area contributed by atoms with Gasteiger partial charge in [-0.2, -0.15) is 0 Å². The largest absolute Gasteiger partial charge is 0.508 e. The molecule has 0 spiro atoms. The Bertz CT molecular complexity index is 712. The SMILES string of the molecule is COc1cccc2c1CCC(=O)/C2=C/c1ccc(O)cc1. The quantitative estimate of drug-likeness (QED) is 0.857. The molecule has 0 aliphatic heterocycles. The number of rotatable bonds is 2. The number of hydrogen-bond donors (Lipinski definition) is 1. The van der Waals surface area contributed by atoms with Crippen molar-refractivity contribution in [1.29, 1.82) is 0 Å². The van der Waals surface area contributed by atoms with Crippen LogP contribution in [0.5, 0.6) is 11.5 Å². The van der Waals surface area contributed by atoms with E-state index in [9.17, 15) is 9.90 Å². The molecule has 0 fully saturated rings. The highest BCUT2D eigenvalue weighted by Gasteiger charge is 2.23. The Labute approximate surface area is 123 Å². The predicted octanol–water partition coefficient (Wildman–Crippen LogP) is 3.46. The first-order valence-corrected chi connectivity index (χ1v) is 6.89. The minimum atomic E-state index is 0.142. The normalized spacial score (nSPS) is 15.9. The minimum absolute atomic E-state index is 0.142. The number of phenols is 1. The summed E-state index contributed by atoms with van der Waals surface area (Å²) in [6, 6.07) is 12.6. The standard InChI is InChI=1S/C18H16O3/c1-21-18-4-2-3-14-15(18)9-10-17(20)16(14)11-12-5-7-13(19)8-6-12/h2-8,11,19H,9-10H2,1H3/b16-11+. The molecule has 2 aromatic rings. The molecule has 0 unspecified atom stereocenters. The van der Waals surface area contributed by atoms with Gasteiger partial charge in [-0.3, -0.25) is 4.79 Å². The maximum Gasteiger partial charge on any atom is 0.163 e. The maximum atomic E-state index is 12.3. The number of hydrogen-bond acceptors (Lipinski definition) is 3. The molecule has 0 radical (unpaired) electrons. The second-order valence-electron chi connectivity index (χ2n) is 5.06. The van der Waals surface area contributed by atoms with Crippen molar-refractivity contribution in [3.05, 3.63) is 59.2 Å². The van der Waals surface area contributed by atoms with Gasteiger partial charge in [-0.15, -0.1) is 0 Å². The number of carbonyl (C=O) groups is 1. The van der Waals surface area contributed by atoms with E-state index in [1.54, 1.807) is 31.4 Å². The molecule has 0 saturated carbocycles. The molecule has 0 heterocycles. The Kier molecular flexibility index (Phi) is 3.48. The van der Waals surface area contributed by atoms with Gasteiger partial charge >= 0.3 is 0 Å². The summed E-state index contributed by atoms with van der Waals surface area (Å²) in [4.78, 5) is 12.3. The number of allylic oxidation sites excluding steroid dienone is 1. The van der Waals surface area contributed by atoms with Crippen molar-refractivity contribution in [2.24, 2.45) is 0 Å². The van der Waals surface area contributed by atoms with E-state index >= 15 is 0 Å². The van der Waals surface area contributed by atoms with Crippen LogP contribution in [-0.4, -0.2) is 18.0 Å². The van der Waals surface area contributed by atoms with Crippen LogP contribution >= 0.6 is 0 Å². The zero-order chi connectivity index (χ0) is 14.8. The van der Waals surface area contributed by atoms with Gasteiger partial charge in [0.2, 0.25) is 0 Å². The van der Waals surface area contributed by atoms with Crippen molar-refractivity contribution in [1.82, 2.24) is 0 Å². The second kappa shape index (κ2) is 5.44. The van der Waals surface area contributed by atoms with E-state index in [4.69, 9.17) is 4.74 Å². The van der Waals surface area contributed by atoms with Gasteiger partial charge in [0.1, 0.15) is 11.5 Å². The summed E-state index contributed by atoms with van der Waals surface area (Å²) in [6.45, 7) is 0. The summed E-state index contributed by atoms with van der Waals surface area (Å²) >= 11 is 0. The first-order chi connectivity index (χ1) is 10.2. The van der Waals surface area contributed by atoms with Gasteiger partial charge in [0.25, 0.3) is 0 Å². The molecule has 2 aromatic carbocycles. The second-order valence-corrected chi connectivity index (χ2v) is 5.06. The van der Waals surface area contributed by atoms with Crippen LogP contribution in [0, 0.1) is 0 Å². The minimum Gasteiger partial charge on any atom is -0.508 e. The number of carbonyl (C=O) groups excluding carboxylic acids is 1. The summed E-state index contributed by atoms with van der Waals surface area (Å²) in [7, 11) is 1.65. The van der Waals surface area contributed by atoms with Crippen molar-refractivity contribution in [3.8, 4) is 11.5 Å². The molecular weight excluding hydrogens is 264 g/mol. The highest BCUT2D eigenvalue weighted by atomic mass is 16.5. The Morgan fingerprint density at radius 3 is 2.57 bits per heavy atom. The summed E-state index contributed by atoms with van der Waals surface area (Å²) < 4.78 is 5.39. The van der Waals surface area contributed by atoms with E-state index in [-0.39, 0.29) is 11.5 Å². The van der Waals surface area contributed by atoms with Crippen LogP contribution in [0.2, 0.25) is 0 Å². The lowest BCUT2D eigenvalue weighted by molar-refractivity contribution is -0.113. The van der Waals surface area contributed by atoms with E-state index in [0.29, 0.717) is 18.4 Å². The average molecular weight is 280 g/mol. The first kappa shape index (κ1) is 13.4. The number of methoxy groups -OCH3 is 1. The van der Waals surface area contributed by atoms with Gasteiger partial charge in [0, 0.05) is 17.6 Å². The lowest BCUT2D eigenvalue weighted by Gasteiger charge is -2.20. The third kappa shape index (κ3) is 2.55. The lowest BCUT2D eigenvalue weighted by atomic mass is 9.85. The smallest absolute Gasteiger partial charge is 0.163 e. The number of benzene rings is 2. The third-order valence-corrected chi connectivity index (χ3v) is 3.75. The molecule has 0 bridgehead atoms. The number of fused-ring (bicyclic) bond motifs is 1. The first-order valence-electron chi connectivity index (χ1n) is 6.89. The van der Waals surface area contributed by atoms with Crippen LogP contribution < -0.4 is 4.74 Å². The Balaban J connectivity index is 2.11. The zero-order valence-electron chi connectivity index (χ0n) is 11.8. The highest BCUT2D eigenvalue weighted by molar-refractivity contribution is 6.26. The fourth-order valence-corrected chi connectivity index (χ4v) is 2.69. The summed E-state index contributed by atoms with van der Waals surface area (Å²) in [5.41, 5.74) is 3.64. The molecule has 0 amide bonds. The molecule has 1 aliphatic rings. The van der Waals surface area contributed by atoms with Crippen molar-refractivity contribution in [3.63, 3.8) is 0 Å². The zero-order valence-corrected chi connectivity index (χ0v) is 11.8. The molecule has 3 nitrogen and oxygen atoms in total. The highest BCUT2D eigenvalue weighted by Crippen LogP contribution is 2.35. The van der Waals surface area contributed by atoms with Crippen LogP contribution in [0.1, 0.15) is 23.1 Å². The maximum absolute atomic E-state index is 12.3. The van der Waals surface area contributed by atoms with E-state index in [2.05, 4.69) is 0 Å². The monoisotopic (exact) mass is 280 g/mol. The molecule has 0 atom stereocenters. The van der Waals surface area contributed by atoms with Crippen molar-refractivity contribution < 1.29 is 14.6 Å². The van der Waals surface area contributed by atoms with Crippen LogP contribution in [0.3, 0.4) is 0 Å². The topological polar surface area (TPSA) is 46.5 Å². The van der Waals surface area contributed by atoms with Gasteiger partial charge in [0.05, 0.1) is 7.11 Å². The lowest BCUT2D eigenvalue weighted by Crippen LogP contribution is -2.13. The number of phenolic OH excluding ortho intramolecular Hbond substituents is 1. The molecule has 106 valence electrons. The van der Waals surface area contributed by atoms with Gasteiger partial charge in [-0.1, -0.05) is 24.3 Å². The van der Waals surface area contributed by atoms with E-state index in [1.807, 2.05) is 24.3 Å². The molecule has 1 aliphatic carbocycles. The molecule has 0 saturated heterocycles. The number of ether oxygens (including phenoxy) is 1. The van der Waals surface area contributed by atoms with Crippen LogP contribution in [0.25, 0.3) is 11.6 Å². The van der Waals surface area contributed by atoms with E-state index in [1.165, 1.54) is 0 Å². The summed E-state index contributed by atoms with van der Waals surface area (Å²) in [5, 5.41) is 9.34. The fraction of sp³-hybridized carbons (Fsp3) is 0.167.